The van der Waals surface area contributed by atoms with Gasteiger partial charge in [-0.2, -0.15) is 0 Å². The molecule has 8 heteroatoms. The molecule has 8 nitrogen and oxygen atoms in total. The molecule has 0 spiro atoms. The van der Waals surface area contributed by atoms with Crippen LogP contribution in [-0.4, -0.2) is 51.2 Å². The maximum atomic E-state index is 5.44. The Labute approximate surface area is 145 Å². The molecule has 0 bridgehead atoms. The summed E-state index contributed by atoms with van der Waals surface area (Å²) < 4.78 is 5.44. The van der Waals surface area contributed by atoms with Crippen molar-refractivity contribution in [1.29, 1.82) is 0 Å². The lowest BCUT2D eigenvalue weighted by molar-refractivity contribution is 0.122. The smallest absolute Gasteiger partial charge is 0.183 e. The minimum atomic E-state index is 0.577. The Hall–Kier alpha value is -2.58. The number of ether oxygens (including phenoxy) is 1. The lowest BCUT2D eigenvalue weighted by Gasteiger charge is -2.28. The van der Waals surface area contributed by atoms with Gasteiger partial charge in [-0.25, -0.2) is 15.0 Å². The molecule has 1 aliphatic heterocycles. The van der Waals surface area contributed by atoms with Gasteiger partial charge in [-0.15, -0.1) is 0 Å². The van der Waals surface area contributed by atoms with Crippen LogP contribution < -0.4 is 10.2 Å². The van der Waals surface area contributed by atoms with Crippen LogP contribution in [0.4, 0.5) is 5.82 Å². The molecule has 3 aromatic heterocycles. The fourth-order valence-electron chi connectivity index (χ4n) is 2.87. The quantitative estimate of drug-likeness (QED) is 0.721. The van der Waals surface area contributed by atoms with Crippen LogP contribution in [0.2, 0.25) is 0 Å². The van der Waals surface area contributed by atoms with Crippen LogP contribution >= 0.6 is 0 Å². The summed E-state index contributed by atoms with van der Waals surface area (Å²) in [6, 6.07) is 4.09. The summed E-state index contributed by atoms with van der Waals surface area (Å²) in [6.45, 7) is 6.37. The summed E-state index contributed by atoms with van der Waals surface area (Å²) in [5, 5.41) is 3.38. The molecular formula is C17H21N7O. The van der Waals surface area contributed by atoms with E-state index in [0.29, 0.717) is 25.4 Å². The first-order valence-corrected chi connectivity index (χ1v) is 8.44. The number of rotatable bonds is 5. The molecular weight excluding hydrogens is 318 g/mol. The van der Waals surface area contributed by atoms with Crippen molar-refractivity contribution in [1.82, 2.24) is 30.2 Å². The van der Waals surface area contributed by atoms with E-state index in [0.717, 1.165) is 48.1 Å². The molecule has 4 heterocycles. The number of fused-ring (bicyclic) bond motifs is 1. The van der Waals surface area contributed by atoms with Crippen LogP contribution in [0.3, 0.4) is 0 Å². The second kappa shape index (κ2) is 7.12. The van der Waals surface area contributed by atoms with E-state index >= 15 is 0 Å². The van der Waals surface area contributed by atoms with Gasteiger partial charge in [-0.1, -0.05) is 6.07 Å². The number of aromatic nitrogens is 5. The Balaban J connectivity index is 1.50. The van der Waals surface area contributed by atoms with Gasteiger partial charge < -0.3 is 19.9 Å². The molecule has 1 saturated heterocycles. The number of imidazole rings is 1. The van der Waals surface area contributed by atoms with E-state index in [1.165, 1.54) is 0 Å². The zero-order valence-electron chi connectivity index (χ0n) is 14.2. The van der Waals surface area contributed by atoms with E-state index in [9.17, 15) is 0 Å². The van der Waals surface area contributed by atoms with E-state index in [-0.39, 0.29) is 0 Å². The highest BCUT2D eigenvalue weighted by Crippen LogP contribution is 2.21. The van der Waals surface area contributed by atoms with Gasteiger partial charge >= 0.3 is 0 Å². The van der Waals surface area contributed by atoms with Crippen molar-refractivity contribution in [2.75, 3.05) is 31.2 Å². The van der Waals surface area contributed by atoms with E-state index in [2.05, 4.69) is 36.2 Å². The Morgan fingerprint density at radius 1 is 1.16 bits per heavy atom. The van der Waals surface area contributed by atoms with E-state index in [1.807, 2.05) is 19.2 Å². The van der Waals surface area contributed by atoms with Crippen molar-refractivity contribution in [2.24, 2.45) is 0 Å². The SMILES string of the molecule is Cc1ccc(CNCc2nc(N3CCOCC3)c3[nH]cnc3n2)cn1. The standard InChI is InChI=1S/C17H21N7O/c1-12-2-3-13(9-19-12)8-18-10-14-22-16-15(20-11-21-16)17(23-14)24-4-6-25-7-5-24/h2-3,9,11,18H,4-8,10H2,1H3,(H,20,21,22,23). The van der Waals surface area contributed by atoms with Gasteiger partial charge in [0.2, 0.25) is 0 Å². The summed E-state index contributed by atoms with van der Waals surface area (Å²) in [4.78, 5) is 23.3. The third kappa shape index (κ3) is 3.59. The van der Waals surface area contributed by atoms with Crippen molar-refractivity contribution in [2.45, 2.75) is 20.0 Å². The third-order valence-electron chi connectivity index (χ3n) is 4.21. The fourth-order valence-corrected chi connectivity index (χ4v) is 2.87. The third-order valence-corrected chi connectivity index (χ3v) is 4.21. The average molecular weight is 339 g/mol. The number of nitrogens with zero attached hydrogens (tertiary/aromatic N) is 5. The minimum Gasteiger partial charge on any atom is -0.378 e. The topological polar surface area (TPSA) is 91.8 Å². The maximum Gasteiger partial charge on any atom is 0.183 e. The molecule has 4 rings (SSSR count). The molecule has 0 aliphatic carbocycles. The van der Waals surface area contributed by atoms with Crippen LogP contribution in [-0.2, 0) is 17.8 Å². The first kappa shape index (κ1) is 15.9. The number of hydrogen-bond donors (Lipinski definition) is 2. The van der Waals surface area contributed by atoms with Crippen molar-refractivity contribution in [3.63, 3.8) is 0 Å². The van der Waals surface area contributed by atoms with Gasteiger partial charge in [-0.05, 0) is 18.6 Å². The number of aryl methyl sites for hydroxylation is 1. The molecule has 1 aliphatic rings. The molecule has 130 valence electrons. The maximum absolute atomic E-state index is 5.44. The number of hydrogen-bond acceptors (Lipinski definition) is 7. The summed E-state index contributed by atoms with van der Waals surface area (Å²) >= 11 is 0. The minimum absolute atomic E-state index is 0.577. The van der Waals surface area contributed by atoms with Gasteiger partial charge in [0.25, 0.3) is 0 Å². The zero-order chi connectivity index (χ0) is 17.1. The Kier molecular flexibility index (Phi) is 4.53. The average Bonchev–Trinajstić information content (AvgIpc) is 3.12. The van der Waals surface area contributed by atoms with Crippen LogP contribution in [0.5, 0.6) is 0 Å². The first-order chi connectivity index (χ1) is 12.3. The highest BCUT2D eigenvalue weighted by atomic mass is 16.5. The lowest BCUT2D eigenvalue weighted by Crippen LogP contribution is -2.37. The Morgan fingerprint density at radius 3 is 2.84 bits per heavy atom. The number of aromatic amines is 1. The molecule has 0 saturated carbocycles. The molecule has 2 N–H and O–H groups in total. The largest absolute Gasteiger partial charge is 0.378 e. The van der Waals surface area contributed by atoms with Crippen molar-refractivity contribution >= 4 is 17.0 Å². The Bertz CT molecular complexity index is 840. The fraction of sp³-hybridized carbons (Fsp3) is 0.412. The van der Waals surface area contributed by atoms with Crippen molar-refractivity contribution < 1.29 is 4.74 Å². The van der Waals surface area contributed by atoms with Crippen LogP contribution in [0.1, 0.15) is 17.1 Å². The molecule has 0 unspecified atom stereocenters. The van der Waals surface area contributed by atoms with E-state index in [4.69, 9.17) is 9.72 Å². The molecule has 0 radical (unpaired) electrons. The molecule has 1 fully saturated rings. The summed E-state index contributed by atoms with van der Waals surface area (Å²) in [5.74, 6) is 1.64. The summed E-state index contributed by atoms with van der Waals surface area (Å²) in [5.41, 5.74) is 3.74. The predicted molar refractivity (Wildman–Crippen MR) is 94.2 cm³/mol. The van der Waals surface area contributed by atoms with Gasteiger partial charge in [0.1, 0.15) is 11.3 Å². The first-order valence-electron chi connectivity index (χ1n) is 8.44. The summed E-state index contributed by atoms with van der Waals surface area (Å²) in [7, 11) is 0. The molecule has 0 amide bonds. The molecule has 3 aromatic rings. The number of pyridine rings is 1. The number of morpholine rings is 1. The van der Waals surface area contributed by atoms with Crippen LogP contribution in [0, 0.1) is 6.92 Å². The van der Waals surface area contributed by atoms with E-state index in [1.54, 1.807) is 6.33 Å². The van der Waals surface area contributed by atoms with Crippen molar-refractivity contribution in [3.8, 4) is 0 Å². The molecule has 25 heavy (non-hydrogen) atoms. The van der Waals surface area contributed by atoms with Gasteiger partial charge in [0.15, 0.2) is 11.5 Å². The van der Waals surface area contributed by atoms with Crippen LogP contribution in [0.25, 0.3) is 11.2 Å². The van der Waals surface area contributed by atoms with Gasteiger partial charge in [-0.3, -0.25) is 4.98 Å². The van der Waals surface area contributed by atoms with Gasteiger partial charge in [0, 0.05) is 31.5 Å². The highest BCUT2D eigenvalue weighted by Gasteiger charge is 2.18. The predicted octanol–water partition coefficient (Wildman–Crippen LogP) is 1.18. The van der Waals surface area contributed by atoms with Gasteiger partial charge in [0.05, 0.1) is 26.1 Å². The zero-order valence-corrected chi connectivity index (χ0v) is 14.2. The molecule has 0 aromatic carbocycles. The lowest BCUT2D eigenvalue weighted by atomic mass is 10.2. The number of nitrogens with one attached hydrogen (secondary N) is 2. The second-order valence-electron chi connectivity index (χ2n) is 6.08. The van der Waals surface area contributed by atoms with Crippen molar-refractivity contribution in [3.05, 3.63) is 41.7 Å². The summed E-state index contributed by atoms with van der Waals surface area (Å²) in [6.07, 6.45) is 3.55. The van der Waals surface area contributed by atoms with E-state index < -0.39 is 0 Å². The molecule has 0 atom stereocenters. The van der Waals surface area contributed by atoms with Crippen LogP contribution in [0.15, 0.2) is 24.7 Å². The highest BCUT2D eigenvalue weighted by molar-refractivity contribution is 5.83. The monoisotopic (exact) mass is 339 g/mol. The normalized spacial score (nSPS) is 15.0. The number of anilines is 1. The number of H-pyrrole nitrogens is 1. The second-order valence-corrected chi connectivity index (χ2v) is 6.08. The Morgan fingerprint density at radius 2 is 2.04 bits per heavy atom.